The molecule has 0 saturated carbocycles. The summed E-state index contributed by atoms with van der Waals surface area (Å²) in [6, 6.07) is 7.14. The lowest BCUT2D eigenvalue weighted by molar-refractivity contribution is -0.116. The van der Waals surface area contributed by atoms with E-state index in [9.17, 15) is 4.79 Å². The first-order chi connectivity index (χ1) is 8.58. The average Bonchev–Trinajstić information content (AvgIpc) is 2.74. The molecule has 7 heteroatoms. The molecule has 2 rings (SSSR count). The standard InChI is InChI=1S/C11H11ClN4O2/c1-7(17)16(11-10(13)14-18-15-11)6-8-2-4-9(12)5-3-8/h2-5H,6H2,1H3,(H2,13,14). The number of nitrogen functional groups attached to an aromatic ring is 1. The zero-order valence-corrected chi connectivity index (χ0v) is 10.4. The van der Waals surface area contributed by atoms with Crippen LogP contribution >= 0.6 is 11.6 Å². The van der Waals surface area contributed by atoms with Crippen LogP contribution in [0.4, 0.5) is 11.6 Å². The fraction of sp³-hybridized carbons (Fsp3) is 0.182. The maximum absolute atomic E-state index is 11.6. The summed E-state index contributed by atoms with van der Waals surface area (Å²) in [5, 5.41) is 7.71. The highest BCUT2D eigenvalue weighted by Crippen LogP contribution is 2.21. The van der Waals surface area contributed by atoms with Gasteiger partial charge in [0.05, 0.1) is 6.54 Å². The lowest BCUT2D eigenvalue weighted by atomic mass is 10.2. The van der Waals surface area contributed by atoms with Gasteiger partial charge in [-0.2, -0.15) is 0 Å². The van der Waals surface area contributed by atoms with E-state index in [1.54, 1.807) is 12.1 Å². The van der Waals surface area contributed by atoms with Gasteiger partial charge in [-0.15, -0.1) is 0 Å². The van der Waals surface area contributed by atoms with Crippen molar-refractivity contribution in [3.63, 3.8) is 0 Å². The fourth-order valence-corrected chi connectivity index (χ4v) is 1.61. The first-order valence-electron chi connectivity index (χ1n) is 5.18. The zero-order valence-electron chi connectivity index (χ0n) is 9.63. The van der Waals surface area contributed by atoms with Gasteiger partial charge in [-0.3, -0.25) is 9.69 Å². The lowest BCUT2D eigenvalue weighted by Gasteiger charge is -2.17. The van der Waals surface area contributed by atoms with E-state index < -0.39 is 0 Å². The minimum Gasteiger partial charge on any atom is -0.378 e. The Morgan fingerprint density at radius 1 is 1.39 bits per heavy atom. The highest BCUT2D eigenvalue weighted by atomic mass is 35.5. The van der Waals surface area contributed by atoms with Gasteiger partial charge < -0.3 is 5.73 Å². The predicted molar refractivity (Wildman–Crippen MR) is 67.0 cm³/mol. The second-order valence-electron chi connectivity index (χ2n) is 3.70. The third kappa shape index (κ3) is 2.60. The molecule has 1 aromatic heterocycles. The highest BCUT2D eigenvalue weighted by Gasteiger charge is 2.19. The lowest BCUT2D eigenvalue weighted by Crippen LogP contribution is -2.28. The number of aromatic nitrogens is 2. The third-order valence-electron chi connectivity index (χ3n) is 2.39. The zero-order chi connectivity index (χ0) is 13.1. The normalized spacial score (nSPS) is 10.3. The van der Waals surface area contributed by atoms with Gasteiger partial charge in [0, 0.05) is 11.9 Å². The second kappa shape index (κ2) is 5.05. The van der Waals surface area contributed by atoms with Crippen molar-refractivity contribution in [3.05, 3.63) is 34.9 Å². The molecule has 0 atom stereocenters. The molecule has 0 bridgehead atoms. The molecule has 0 radical (unpaired) electrons. The van der Waals surface area contributed by atoms with E-state index in [1.165, 1.54) is 11.8 Å². The van der Waals surface area contributed by atoms with Crippen molar-refractivity contribution < 1.29 is 9.42 Å². The molecule has 0 spiro atoms. The Kier molecular flexibility index (Phi) is 3.47. The Morgan fingerprint density at radius 3 is 2.56 bits per heavy atom. The molecule has 2 N–H and O–H groups in total. The van der Waals surface area contributed by atoms with Gasteiger partial charge in [0.1, 0.15) is 0 Å². The van der Waals surface area contributed by atoms with Crippen LogP contribution in [0.15, 0.2) is 28.9 Å². The molecule has 18 heavy (non-hydrogen) atoms. The van der Waals surface area contributed by atoms with Gasteiger partial charge in [-0.05, 0) is 28.0 Å². The molecule has 0 unspecified atom stereocenters. The number of rotatable bonds is 3. The first kappa shape index (κ1) is 12.4. The number of halogens is 1. The van der Waals surface area contributed by atoms with E-state index in [0.717, 1.165) is 5.56 Å². The molecule has 94 valence electrons. The van der Waals surface area contributed by atoms with Crippen LogP contribution in [0.25, 0.3) is 0 Å². The van der Waals surface area contributed by atoms with Crippen molar-refractivity contribution in [1.29, 1.82) is 0 Å². The average molecular weight is 267 g/mol. The molecule has 0 fully saturated rings. The number of nitrogens with two attached hydrogens (primary N) is 1. The van der Waals surface area contributed by atoms with Crippen molar-refractivity contribution in [3.8, 4) is 0 Å². The van der Waals surface area contributed by atoms with Crippen molar-refractivity contribution in [2.24, 2.45) is 0 Å². The first-order valence-corrected chi connectivity index (χ1v) is 5.56. The summed E-state index contributed by atoms with van der Waals surface area (Å²) in [6.45, 7) is 1.74. The summed E-state index contributed by atoms with van der Waals surface area (Å²) in [7, 11) is 0. The number of carbonyl (C=O) groups excluding carboxylic acids is 1. The number of hydrogen-bond donors (Lipinski definition) is 1. The molecule has 1 amide bonds. The molecule has 0 saturated heterocycles. The summed E-state index contributed by atoms with van der Waals surface area (Å²) in [6.07, 6.45) is 0. The molecular formula is C11H11ClN4O2. The van der Waals surface area contributed by atoms with Crippen LogP contribution in [-0.2, 0) is 11.3 Å². The van der Waals surface area contributed by atoms with Crippen LogP contribution in [0.3, 0.4) is 0 Å². The van der Waals surface area contributed by atoms with Crippen LogP contribution in [0.1, 0.15) is 12.5 Å². The monoisotopic (exact) mass is 266 g/mol. The number of nitrogens with zero attached hydrogens (tertiary/aromatic N) is 3. The Balaban J connectivity index is 2.25. The number of carbonyl (C=O) groups is 1. The molecule has 6 nitrogen and oxygen atoms in total. The maximum Gasteiger partial charge on any atom is 0.225 e. The van der Waals surface area contributed by atoms with Crippen molar-refractivity contribution in [2.45, 2.75) is 13.5 Å². The molecule has 2 aromatic rings. The summed E-state index contributed by atoms with van der Waals surface area (Å²) >= 11 is 5.80. The predicted octanol–water partition coefficient (Wildman–Crippen LogP) is 1.86. The number of amides is 1. The van der Waals surface area contributed by atoms with Crippen LogP contribution < -0.4 is 10.6 Å². The van der Waals surface area contributed by atoms with Gasteiger partial charge >= 0.3 is 0 Å². The van der Waals surface area contributed by atoms with E-state index in [4.69, 9.17) is 17.3 Å². The van der Waals surface area contributed by atoms with Gasteiger partial charge in [0.25, 0.3) is 0 Å². The molecular weight excluding hydrogens is 256 g/mol. The fourth-order valence-electron chi connectivity index (χ4n) is 1.49. The third-order valence-corrected chi connectivity index (χ3v) is 2.64. The molecule has 0 aliphatic carbocycles. The topological polar surface area (TPSA) is 85.2 Å². The summed E-state index contributed by atoms with van der Waals surface area (Å²) in [4.78, 5) is 13.0. The summed E-state index contributed by atoms with van der Waals surface area (Å²) in [5.41, 5.74) is 6.47. The van der Waals surface area contributed by atoms with Gasteiger partial charge in [0.2, 0.25) is 17.5 Å². The smallest absolute Gasteiger partial charge is 0.225 e. The van der Waals surface area contributed by atoms with Crippen LogP contribution in [-0.4, -0.2) is 16.2 Å². The van der Waals surface area contributed by atoms with E-state index in [0.29, 0.717) is 11.6 Å². The molecule has 1 aromatic carbocycles. The second-order valence-corrected chi connectivity index (χ2v) is 4.14. The largest absolute Gasteiger partial charge is 0.378 e. The van der Waals surface area contributed by atoms with E-state index in [1.807, 2.05) is 12.1 Å². The van der Waals surface area contributed by atoms with Crippen LogP contribution in [0, 0.1) is 0 Å². The Labute approximate surface area is 108 Å². The molecule has 0 aliphatic rings. The Morgan fingerprint density at radius 2 is 2.06 bits per heavy atom. The van der Waals surface area contributed by atoms with E-state index in [-0.39, 0.29) is 17.5 Å². The SMILES string of the molecule is CC(=O)N(Cc1ccc(Cl)cc1)c1nonc1N. The van der Waals surface area contributed by atoms with Gasteiger partial charge in [0.15, 0.2) is 0 Å². The van der Waals surface area contributed by atoms with Gasteiger partial charge in [-0.1, -0.05) is 23.7 Å². The molecule has 1 heterocycles. The maximum atomic E-state index is 11.6. The van der Waals surface area contributed by atoms with Crippen LogP contribution in [0.5, 0.6) is 0 Å². The minimum atomic E-state index is -0.202. The minimum absolute atomic E-state index is 0.0826. The Bertz CT molecular complexity index is 552. The highest BCUT2D eigenvalue weighted by molar-refractivity contribution is 6.30. The quantitative estimate of drug-likeness (QED) is 0.916. The van der Waals surface area contributed by atoms with Crippen molar-refractivity contribution >= 4 is 29.1 Å². The van der Waals surface area contributed by atoms with Crippen molar-refractivity contribution in [1.82, 2.24) is 10.3 Å². The van der Waals surface area contributed by atoms with E-state index in [2.05, 4.69) is 14.9 Å². The van der Waals surface area contributed by atoms with Crippen molar-refractivity contribution in [2.75, 3.05) is 10.6 Å². The van der Waals surface area contributed by atoms with Gasteiger partial charge in [-0.25, -0.2) is 4.63 Å². The Hall–Kier alpha value is -2.08. The number of hydrogen-bond acceptors (Lipinski definition) is 5. The summed E-state index contributed by atoms with van der Waals surface area (Å²) < 4.78 is 4.49. The number of benzene rings is 1. The molecule has 0 aliphatic heterocycles. The summed E-state index contributed by atoms with van der Waals surface area (Å²) in [5.74, 6) is 0.101. The van der Waals surface area contributed by atoms with E-state index >= 15 is 0 Å². The number of anilines is 2. The van der Waals surface area contributed by atoms with Crippen LogP contribution in [0.2, 0.25) is 5.02 Å².